The first-order valence-corrected chi connectivity index (χ1v) is 14.1. The molecule has 0 radical (unpaired) electrons. The molecule has 2 fully saturated rings. The van der Waals surface area contributed by atoms with E-state index >= 15 is 0 Å². The van der Waals surface area contributed by atoms with Gasteiger partial charge in [0.2, 0.25) is 0 Å². The molecule has 2 atom stereocenters. The fourth-order valence-corrected chi connectivity index (χ4v) is 5.67. The number of aromatic nitrogens is 6. The third-order valence-electron chi connectivity index (χ3n) is 7.89. The summed E-state index contributed by atoms with van der Waals surface area (Å²) in [6.07, 6.45) is 7.82. The van der Waals surface area contributed by atoms with Gasteiger partial charge in [-0.25, -0.2) is 14.2 Å². The molecule has 1 saturated carbocycles. The van der Waals surface area contributed by atoms with Crippen LogP contribution < -0.4 is 16.2 Å². The molecule has 4 aromatic heterocycles. The van der Waals surface area contributed by atoms with Gasteiger partial charge in [-0.15, -0.1) is 5.10 Å². The zero-order chi connectivity index (χ0) is 28.5. The van der Waals surface area contributed by atoms with Crippen molar-refractivity contribution in [1.29, 1.82) is 0 Å². The number of carbonyl (C=O) groups excluding carboxylic acids is 1. The first kappa shape index (κ1) is 26.6. The molecule has 5 aromatic rings. The van der Waals surface area contributed by atoms with Crippen molar-refractivity contribution in [2.75, 3.05) is 11.4 Å². The summed E-state index contributed by atoms with van der Waals surface area (Å²) < 4.78 is 5.35. The summed E-state index contributed by atoms with van der Waals surface area (Å²) >= 11 is 0. The van der Waals surface area contributed by atoms with Crippen LogP contribution in [0.3, 0.4) is 0 Å². The van der Waals surface area contributed by atoms with Crippen molar-refractivity contribution in [3.63, 3.8) is 0 Å². The highest BCUT2D eigenvalue weighted by atomic mass is 16.1. The maximum absolute atomic E-state index is 12.1. The van der Waals surface area contributed by atoms with Gasteiger partial charge < -0.3 is 10.6 Å². The van der Waals surface area contributed by atoms with Crippen LogP contribution in [-0.2, 0) is 6.54 Å². The third kappa shape index (κ3) is 5.06. The van der Waals surface area contributed by atoms with Crippen molar-refractivity contribution in [2.45, 2.75) is 57.7 Å². The number of benzene rings is 1. The average Bonchev–Trinajstić information content (AvgIpc) is 3.55. The monoisotopic (exact) mass is 552 g/mol. The Hall–Kier alpha value is -4.57. The summed E-state index contributed by atoms with van der Waals surface area (Å²) in [5, 5.41) is 4.89. The molecular weight excluding hydrogens is 516 g/mol. The normalized spacial score (nSPS) is 18.4. The van der Waals surface area contributed by atoms with Crippen LogP contribution in [0.15, 0.2) is 77.9 Å². The second kappa shape index (κ2) is 11.1. The predicted octanol–water partition coefficient (Wildman–Crippen LogP) is 4.31. The van der Waals surface area contributed by atoms with E-state index in [1.807, 2.05) is 78.4 Å². The summed E-state index contributed by atoms with van der Waals surface area (Å²) in [4.78, 5) is 34.3. The highest BCUT2D eigenvalue weighted by Gasteiger charge is 2.34. The lowest BCUT2D eigenvalue weighted by Crippen LogP contribution is -2.28. The minimum absolute atomic E-state index is 0. The standard InChI is InChI=1S/C18H20N6.C13H14N2O2.H2/c19-13-9-15(14-3-1-2-8-20-14)23(11-13)18-7-6-17-21-10-16(12-4-5-12)24(17)22-18;1-3-14-10(2)12(9-16)13(17)15(14)11-7-5-4-6-8-11;/h1-3,6-8,10,12-13,15H,4-5,9,11,19H2;4-9H,3H2,1-2H3;1H/t13?,15-;;/m1../s1. The highest BCUT2D eigenvalue weighted by Crippen LogP contribution is 2.40. The fraction of sp³-hybridized carbons (Fsp3) is 0.323. The van der Waals surface area contributed by atoms with E-state index in [0.29, 0.717) is 24.4 Å². The quantitative estimate of drug-likeness (QED) is 0.312. The zero-order valence-corrected chi connectivity index (χ0v) is 23.3. The lowest BCUT2D eigenvalue weighted by Gasteiger charge is -2.25. The molecule has 0 spiro atoms. The van der Waals surface area contributed by atoms with Gasteiger partial charge in [-0.3, -0.25) is 19.3 Å². The molecule has 1 aromatic carbocycles. The number of hydrogen-bond acceptors (Lipinski definition) is 7. The van der Waals surface area contributed by atoms with Gasteiger partial charge in [0, 0.05) is 38.4 Å². The number of nitrogens with zero attached hydrogens (tertiary/aromatic N) is 7. The number of fused-ring (bicyclic) bond motifs is 1. The highest BCUT2D eigenvalue weighted by molar-refractivity contribution is 5.76. The zero-order valence-electron chi connectivity index (χ0n) is 23.3. The molecule has 0 amide bonds. The summed E-state index contributed by atoms with van der Waals surface area (Å²) in [5.74, 6) is 1.57. The van der Waals surface area contributed by atoms with Crippen molar-refractivity contribution >= 4 is 17.8 Å². The number of pyridine rings is 1. The smallest absolute Gasteiger partial charge is 0.282 e. The number of imidazole rings is 1. The van der Waals surface area contributed by atoms with Crippen molar-refractivity contribution in [3.8, 4) is 5.69 Å². The van der Waals surface area contributed by atoms with Crippen LogP contribution in [0, 0.1) is 6.92 Å². The Kier molecular flexibility index (Phi) is 7.23. The van der Waals surface area contributed by atoms with Gasteiger partial charge in [0.25, 0.3) is 5.56 Å². The minimum atomic E-state index is -0.259. The molecule has 1 saturated heterocycles. The lowest BCUT2D eigenvalue weighted by molar-refractivity contribution is 0.112. The second-order valence-corrected chi connectivity index (χ2v) is 10.6. The van der Waals surface area contributed by atoms with E-state index in [1.165, 1.54) is 18.5 Å². The first-order chi connectivity index (χ1) is 20.0. The van der Waals surface area contributed by atoms with E-state index in [4.69, 9.17) is 10.8 Å². The molecule has 7 rings (SSSR count). The van der Waals surface area contributed by atoms with E-state index in [0.717, 1.165) is 35.8 Å². The SMILES string of the molecule is CCn1c(C)c(C=O)c(=O)n1-c1ccccc1.NC1C[C@H](c2ccccn2)N(c2ccc3ncc(C4CC4)n3n2)C1.[HH]. The van der Waals surface area contributed by atoms with Crippen molar-refractivity contribution < 1.29 is 6.22 Å². The number of rotatable bonds is 6. The number of hydrogen-bond donors (Lipinski definition) is 1. The van der Waals surface area contributed by atoms with Gasteiger partial charge in [-0.2, -0.15) is 0 Å². The number of para-hydroxylation sites is 1. The number of nitrogens with two attached hydrogens (primary N) is 1. The summed E-state index contributed by atoms with van der Waals surface area (Å²) in [6, 6.07) is 19.8. The van der Waals surface area contributed by atoms with Gasteiger partial charge in [-0.1, -0.05) is 24.3 Å². The molecule has 0 bridgehead atoms. The summed E-state index contributed by atoms with van der Waals surface area (Å²) in [6.45, 7) is 5.17. The van der Waals surface area contributed by atoms with Gasteiger partial charge >= 0.3 is 0 Å². The van der Waals surface area contributed by atoms with E-state index in [9.17, 15) is 9.59 Å². The molecule has 2 aliphatic rings. The molecule has 2 N–H and O–H groups in total. The van der Waals surface area contributed by atoms with Gasteiger partial charge in [0.1, 0.15) is 11.4 Å². The number of aldehydes is 1. The lowest BCUT2D eigenvalue weighted by atomic mass is 10.1. The van der Waals surface area contributed by atoms with E-state index < -0.39 is 0 Å². The largest absolute Gasteiger partial charge is 0.345 e. The molecule has 212 valence electrons. The van der Waals surface area contributed by atoms with Crippen LogP contribution in [0.5, 0.6) is 0 Å². The van der Waals surface area contributed by atoms with E-state index in [1.54, 1.807) is 16.3 Å². The van der Waals surface area contributed by atoms with E-state index in [2.05, 4.69) is 20.9 Å². The molecular formula is C31H36N8O2. The van der Waals surface area contributed by atoms with Crippen LogP contribution >= 0.6 is 0 Å². The average molecular weight is 553 g/mol. The van der Waals surface area contributed by atoms with Crippen LogP contribution in [0.2, 0.25) is 0 Å². The molecule has 10 heteroatoms. The van der Waals surface area contributed by atoms with Crippen molar-refractivity contribution in [1.82, 2.24) is 28.9 Å². The number of anilines is 1. The molecule has 41 heavy (non-hydrogen) atoms. The Balaban J connectivity index is 0.000000174. The van der Waals surface area contributed by atoms with Crippen LogP contribution in [-0.4, -0.2) is 47.8 Å². The van der Waals surface area contributed by atoms with Crippen LogP contribution in [0.25, 0.3) is 11.3 Å². The second-order valence-electron chi connectivity index (χ2n) is 10.6. The van der Waals surface area contributed by atoms with Crippen molar-refractivity contribution in [2.24, 2.45) is 5.73 Å². The first-order valence-electron chi connectivity index (χ1n) is 14.1. The third-order valence-corrected chi connectivity index (χ3v) is 7.89. The van der Waals surface area contributed by atoms with Gasteiger partial charge in [0.15, 0.2) is 11.9 Å². The molecule has 5 heterocycles. The Bertz CT molecular complexity index is 1730. The fourth-order valence-electron chi connectivity index (χ4n) is 5.67. The Labute approximate surface area is 239 Å². The molecule has 1 aliphatic carbocycles. The Morgan fingerprint density at radius 3 is 2.51 bits per heavy atom. The predicted molar refractivity (Wildman–Crippen MR) is 160 cm³/mol. The topological polar surface area (TPSA) is 116 Å². The molecule has 1 aliphatic heterocycles. The Morgan fingerprint density at radius 1 is 1.05 bits per heavy atom. The molecule has 1 unspecified atom stereocenters. The maximum atomic E-state index is 12.1. The van der Waals surface area contributed by atoms with Crippen LogP contribution in [0.4, 0.5) is 5.82 Å². The molecule has 10 nitrogen and oxygen atoms in total. The summed E-state index contributed by atoms with van der Waals surface area (Å²) in [7, 11) is 0. The maximum Gasteiger partial charge on any atom is 0.282 e. The van der Waals surface area contributed by atoms with E-state index in [-0.39, 0.29) is 24.6 Å². The van der Waals surface area contributed by atoms with Crippen molar-refractivity contribution in [3.05, 3.63) is 106 Å². The summed E-state index contributed by atoms with van der Waals surface area (Å²) in [5.41, 5.74) is 10.9. The minimum Gasteiger partial charge on any atom is -0.345 e. The number of carbonyl (C=O) groups is 1. The van der Waals surface area contributed by atoms with Gasteiger partial charge in [-0.05, 0) is 69.5 Å². The Morgan fingerprint density at radius 2 is 1.83 bits per heavy atom. The van der Waals surface area contributed by atoms with Gasteiger partial charge in [0.05, 0.1) is 29.3 Å². The van der Waals surface area contributed by atoms with Crippen LogP contribution in [0.1, 0.15) is 67.0 Å².